The highest BCUT2D eigenvalue weighted by Crippen LogP contribution is 2.15. The van der Waals surface area contributed by atoms with Crippen molar-refractivity contribution in [3.05, 3.63) is 18.0 Å². The van der Waals surface area contributed by atoms with Gasteiger partial charge in [0.1, 0.15) is 0 Å². The lowest BCUT2D eigenvalue weighted by atomic mass is 9.98. The summed E-state index contributed by atoms with van der Waals surface area (Å²) < 4.78 is 1.90. The second kappa shape index (κ2) is 4.97. The number of aromatic nitrogens is 2. The van der Waals surface area contributed by atoms with Crippen molar-refractivity contribution in [3.8, 4) is 0 Å². The number of nitrogens with zero attached hydrogens (tertiary/aromatic N) is 2. The molecule has 0 amide bonds. The van der Waals surface area contributed by atoms with Crippen LogP contribution in [0.25, 0.3) is 0 Å². The summed E-state index contributed by atoms with van der Waals surface area (Å²) in [5.41, 5.74) is -0.268. The van der Waals surface area contributed by atoms with Gasteiger partial charge in [-0.05, 0) is 33.3 Å². The first-order valence-corrected chi connectivity index (χ1v) is 5.79. The molecule has 0 aromatic carbocycles. The first kappa shape index (κ1) is 13.2. The van der Waals surface area contributed by atoms with E-state index in [1.165, 1.54) is 0 Å². The smallest absolute Gasteiger partial charge is 0.0877 e. The molecule has 2 N–H and O–H groups in total. The molecule has 0 saturated heterocycles. The molecule has 92 valence electrons. The zero-order chi connectivity index (χ0) is 12.3. The molecule has 0 radical (unpaired) electrons. The van der Waals surface area contributed by atoms with E-state index >= 15 is 0 Å². The van der Waals surface area contributed by atoms with E-state index in [0.29, 0.717) is 12.5 Å². The van der Waals surface area contributed by atoms with Gasteiger partial charge in [0.05, 0.1) is 17.4 Å². The van der Waals surface area contributed by atoms with Crippen LogP contribution in [0.2, 0.25) is 0 Å². The lowest BCUT2D eigenvalue weighted by molar-refractivity contribution is -0.0474. The van der Waals surface area contributed by atoms with E-state index in [1.807, 2.05) is 16.9 Å². The van der Waals surface area contributed by atoms with Crippen LogP contribution in [0.3, 0.4) is 0 Å². The molecule has 4 heteroatoms. The van der Waals surface area contributed by atoms with Crippen LogP contribution in [-0.2, 0) is 6.42 Å². The van der Waals surface area contributed by atoms with Crippen LogP contribution in [0.1, 0.15) is 45.9 Å². The monoisotopic (exact) mass is 226 g/mol. The topological polar surface area (TPSA) is 58.3 Å². The summed E-state index contributed by atoms with van der Waals surface area (Å²) in [6, 6.07) is 2.26. The third-order valence-corrected chi connectivity index (χ3v) is 2.92. The van der Waals surface area contributed by atoms with Gasteiger partial charge in [0.15, 0.2) is 0 Å². The Balaban J connectivity index is 2.66. The highest BCUT2D eigenvalue weighted by Gasteiger charge is 2.25. The molecule has 0 bridgehead atoms. The van der Waals surface area contributed by atoms with Crippen molar-refractivity contribution in [1.29, 1.82) is 0 Å². The lowest BCUT2D eigenvalue weighted by Gasteiger charge is -2.23. The first-order valence-electron chi connectivity index (χ1n) is 5.79. The van der Waals surface area contributed by atoms with Gasteiger partial charge >= 0.3 is 0 Å². The summed E-state index contributed by atoms with van der Waals surface area (Å²) in [5.74, 6) is 0. The van der Waals surface area contributed by atoms with Crippen molar-refractivity contribution in [2.24, 2.45) is 0 Å². The maximum atomic E-state index is 9.74. The minimum absolute atomic E-state index is 0.369. The van der Waals surface area contributed by atoms with Gasteiger partial charge < -0.3 is 10.2 Å². The molecular weight excluding hydrogens is 204 g/mol. The molecule has 16 heavy (non-hydrogen) atoms. The van der Waals surface area contributed by atoms with E-state index in [0.717, 1.165) is 12.1 Å². The fourth-order valence-electron chi connectivity index (χ4n) is 1.37. The molecule has 1 aromatic rings. The Bertz CT molecular complexity index is 328. The van der Waals surface area contributed by atoms with Crippen molar-refractivity contribution < 1.29 is 10.2 Å². The SMILES string of the molecule is CCC(C)n1ccc(CC(O)C(C)(C)O)n1. The predicted octanol–water partition coefficient (Wildman–Crippen LogP) is 1.53. The lowest BCUT2D eigenvalue weighted by Crippen LogP contribution is -2.37. The third kappa shape index (κ3) is 3.32. The Kier molecular flexibility index (Phi) is 4.10. The average molecular weight is 226 g/mol. The van der Waals surface area contributed by atoms with Crippen molar-refractivity contribution >= 4 is 0 Å². The van der Waals surface area contributed by atoms with E-state index < -0.39 is 11.7 Å². The third-order valence-electron chi connectivity index (χ3n) is 2.92. The van der Waals surface area contributed by atoms with Crippen LogP contribution in [0.15, 0.2) is 12.3 Å². The standard InChI is InChI=1S/C12H22N2O2/c1-5-9(2)14-7-6-10(13-14)8-11(15)12(3,4)16/h6-7,9,11,15-16H,5,8H2,1-4H3. The summed E-state index contributed by atoms with van der Waals surface area (Å²) in [7, 11) is 0. The summed E-state index contributed by atoms with van der Waals surface area (Å²) in [4.78, 5) is 0. The first-order chi connectivity index (χ1) is 7.34. The van der Waals surface area contributed by atoms with Gasteiger partial charge in [-0.2, -0.15) is 5.10 Å². The fourth-order valence-corrected chi connectivity index (χ4v) is 1.37. The van der Waals surface area contributed by atoms with E-state index in [2.05, 4.69) is 18.9 Å². The highest BCUT2D eigenvalue weighted by atomic mass is 16.3. The average Bonchev–Trinajstić information content (AvgIpc) is 2.63. The minimum Gasteiger partial charge on any atom is -0.390 e. The van der Waals surface area contributed by atoms with Gasteiger partial charge in [-0.3, -0.25) is 4.68 Å². The van der Waals surface area contributed by atoms with Crippen LogP contribution in [0.4, 0.5) is 0 Å². The van der Waals surface area contributed by atoms with Gasteiger partial charge in [0, 0.05) is 18.7 Å². The Hall–Kier alpha value is -0.870. The largest absolute Gasteiger partial charge is 0.390 e. The van der Waals surface area contributed by atoms with Crippen molar-refractivity contribution in [2.45, 2.75) is 58.3 Å². The Morgan fingerprint density at radius 3 is 2.62 bits per heavy atom. The molecule has 0 spiro atoms. The zero-order valence-corrected chi connectivity index (χ0v) is 10.5. The number of rotatable bonds is 5. The molecule has 1 aromatic heterocycles. The molecule has 4 nitrogen and oxygen atoms in total. The number of aliphatic hydroxyl groups excluding tert-OH is 1. The fraction of sp³-hybridized carbons (Fsp3) is 0.750. The molecule has 2 atom stereocenters. The van der Waals surface area contributed by atoms with E-state index in [1.54, 1.807) is 13.8 Å². The summed E-state index contributed by atoms with van der Waals surface area (Å²) in [5, 5.41) is 23.8. The predicted molar refractivity (Wildman–Crippen MR) is 63.2 cm³/mol. The highest BCUT2D eigenvalue weighted by molar-refractivity contribution is 5.03. The zero-order valence-electron chi connectivity index (χ0n) is 10.5. The normalized spacial score (nSPS) is 16.1. The summed E-state index contributed by atoms with van der Waals surface area (Å²) in [6.07, 6.45) is 2.54. The van der Waals surface area contributed by atoms with Crippen LogP contribution in [-0.4, -0.2) is 31.7 Å². The van der Waals surface area contributed by atoms with E-state index in [-0.39, 0.29) is 0 Å². The minimum atomic E-state index is -1.08. The molecule has 0 fully saturated rings. The number of aliphatic hydroxyl groups is 2. The maximum absolute atomic E-state index is 9.74. The second-order valence-electron chi connectivity index (χ2n) is 4.92. The van der Waals surface area contributed by atoms with Crippen molar-refractivity contribution in [1.82, 2.24) is 9.78 Å². The molecular formula is C12H22N2O2. The Morgan fingerprint density at radius 1 is 1.50 bits per heavy atom. The molecule has 0 saturated carbocycles. The quantitative estimate of drug-likeness (QED) is 0.800. The molecule has 1 rings (SSSR count). The molecule has 0 aliphatic carbocycles. The molecule has 1 heterocycles. The molecule has 0 aliphatic heterocycles. The maximum Gasteiger partial charge on any atom is 0.0877 e. The Morgan fingerprint density at radius 2 is 2.12 bits per heavy atom. The summed E-state index contributed by atoms with van der Waals surface area (Å²) in [6.45, 7) is 7.41. The number of hydrogen-bond donors (Lipinski definition) is 2. The van der Waals surface area contributed by atoms with Crippen molar-refractivity contribution in [3.63, 3.8) is 0 Å². The van der Waals surface area contributed by atoms with Gasteiger partial charge in [-0.25, -0.2) is 0 Å². The van der Waals surface area contributed by atoms with Gasteiger partial charge in [0.25, 0.3) is 0 Å². The van der Waals surface area contributed by atoms with Crippen LogP contribution in [0.5, 0.6) is 0 Å². The number of hydrogen-bond acceptors (Lipinski definition) is 3. The summed E-state index contributed by atoms with van der Waals surface area (Å²) >= 11 is 0. The van der Waals surface area contributed by atoms with E-state index in [4.69, 9.17) is 0 Å². The van der Waals surface area contributed by atoms with Crippen LogP contribution in [0, 0.1) is 0 Å². The van der Waals surface area contributed by atoms with Gasteiger partial charge in [-0.15, -0.1) is 0 Å². The van der Waals surface area contributed by atoms with Gasteiger partial charge in [0.2, 0.25) is 0 Å². The van der Waals surface area contributed by atoms with Crippen LogP contribution < -0.4 is 0 Å². The van der Waals surface area contributed by atoms with Crippen molar-refractivity contribution in [2.75, 3.05) is 0 Å². The molecule has 0 aliphatic rings. The Labute approximate surface area is 96.9 Å². The van der Waals surface area contributed by atoms with Crippen LogP contribution >= 0.6 is 0 Å². The molecule has 2 unspecified atom stereocenters. The van der Waals surface area contributed by atoms with Gasteiger partial charge in [-0.1, -0.05) is 6.92 Å². The van der Waals surface area contributed by atoms with E-state index in [9.17, 15) is 10.2 Å². The second-order valence-corrected chi connectivity index (χ2v) is 4.92.